The molecule has 8 heteroatoms. The van der Waals surface area contributed by atoms with Crippen molar-refractivity contribution in [2.75, 3.05) is 4.72 Å². The number of hydrogen-bond donors (Lipinski definition) is 1. The summed E-state index contributed by atoms with van der Waals surface area (Å²) in [7, 11) is -3.78. The quantitative estimate of drug-likeness (QED) is 0.866. The molecule has 0 aliphatic heterocycles. The number of anilines is 1. The third kappa shape index (κ3) is 3.51. The van der Waals surface area contributed by atoms with Crippen molar-refractivity contribution in [2.24, 2.45) is 0 Å². The SMILES string of the molecule is O=S(=O)(Nc1cccc(Cl)c1)c1cnc(Cl)c(Cl)c1. The zero-order valence-electron chi connectivity index (χ0n) is 9.27. The van der Waals surface area contributed by atoms with Crippen molar-refractivity contribution in [1.82, 2.24) is 4.98 Å². The van der Waals surface area contributed by atoms with Gasteiger partial charge >= 0.3 is 0 Å². The predicted molar refractivity (Wildman–Crippen MR) is 76.5 cm³/mol. The lowest BCUT2D eigenvalue weighted by Crippen LogP contribution is -2.13. The van der Waals surface area contributed by atoms with Crippen LogP contribution in [0, 0.1) is 0 Å². The fourth-order valence-corrected chi connectivity index (χ4v) is 2.86. The summed E-state index contributed by atoms with van der Waals surface area (Å²) >= 11 is 17.2. The molecule has 0 atom stereocenters. The molecule has 0 saturated carbocycles. The number of benzene rings is 1. The fraction of sp³-hybridized carbons (Fsp3) is 0. The Bertz CT molecular complexity index is 720. The Labute approximate surface area is 125 Å². The number of sulfonamides is 1. The Morgan fingerprint density at radius 3 is 2.47 bits per heavy atom. The van der Waals surface area contributed by atoms with E-state index in [2.05, 4.69) is 9.71 Å². The van der Waals surface area contributed by atoms with Crippen LogP contribution in [0.3, 0.4) is 0 Å². The highest BCUT2D eigenvalue weighted by Crippen LogP contribution is 2.24. The molecule has 0 radical (unpaired) electrons. The van der Waals surface area contributed by atoms with Crippen molar-refractivity contribution in [3.05, 3.63) is 51.7 Å². The minimum Gasteiger partial charge on any atom is -0.280 e. The van der Waals surface area contributed by atoms with Crippen LogP contribution in [0.25, 0.3) is 0 Å². The maximum atomic E-state index is 12.1. The van der Waals surface area contributed by atoms with E-state index in [1.165, 1.54) is 12.1 Å². The van der Waals surface area contributed by atoms with Gasteiger partial charge in [-0.25, -0.2) is 13.4 Å². The van der Waals surface area contributed by atoms with E-state index < -0.39 is 10.0 Å². The first-order valence-corrected chi connectivity index (χ1v) is 7.59. The summed E-state index contributed by atoms with van der Waals surface area (Å²) in [6.45, 7) is 0. The number of pyridine rings is 1. The van der Waals surface area contributed by atoms with Crippen molar-refractivity contribution in [3.8, 4) is 0 Å². The van der Waals surface area contributed by atoms with E-state index in [9.17, 15) is 8.42 Å². The van der Waals surface area contributed by atoms with Gasteiger partial charge in [-0.05, 0) is 24.3 Å². The Morgan fingerprint density at radius 1 is 1.11 bits per heavy atom. The number of nitrogens with one attached hydrogen (secondary N) is 1. The van der Waals surface area contributed by atoms with Gasteiger partial charge in [-0.1, -0.05) is 40.9 Å². The Morgan fingerprint density at radius 2 is 1.84 bits per heavy atom. The van der Waals surface area contributed by atoms with Gasteiger partial charge < -0.3 is 0 Å². The van der Waals surface area contributed by atoms with Gasteiger partial charge in [0.1, 0.15) is 10.0 Å². The number of hydrogen-bond acceptors (Lipinski definition) is 3. The van der Waals surface area contributed by atoms with Crippen molar-refractivity contribution in [2.45, 2.75) is 4.90 Å². The topological polar surface area (TPSA) is 59.1 Å². The second-order valence-electron chi connectivity index (χ2n) is 3.56. The molecule has 2 rings (SSSR count). The highest BCUT2D eigenvalue weighted by Gasteiger charge is 2.16. The molecule has 1 aromatic heterocycles. The minimum atomic E-state index is -3.78. The largest absolute Gasteiger partial charge is 0.280 e. The second-order valence-corrected chi connectivity index (χ2v) is 6.44. The van der Waals surface area contributed by atoms with Gasteiger partial charge in [0, 0.05) is 11.2 Å². The molecule has 0 bridgehead atoms. The van der Waals surface area contributed by atoms with Crippen LogP contribution in [0.4, 0.5) is 5.69 Å². The molecule has 1 aromatic carbocycles. The predicted octanol–water partition coefficient (Wildman–Crippen LogP) is 3.84. The lowest BCUT2D eigenvalue weighted by atomic mass is 10.3. The monoisotopic (exact) mass is 336 g/mol. The normalized spacial score (nSPS) is 11.3. The van der Waals surface area contributed by atoms with E-state index in [0.29, 0.717) is 10.7 Å². The molecule has 100 valence electrons. The van der Waals surface area contributed by atoms with Gasteiger partial charge in [0.05, 0.1) is 10.7 Å². The molecule has 0 aliphatic rings. The third-order valence-electron chi connectivity index (χ3n) is 2.16. The zero-order chi connectivity index (χ0) is 14.0. The first kappa shape index (κ1) is 14.4. The van der Waals surface area contributed by atoms with E-state index >= 15 is 0 Å². The van der Waals surface area contributed by atoms with E-state index in [-0.39, 0.29) is 15.1 Å². The minimum absolute atomic E-state index is 0.0448. The van der Waals surface area contributed by atoms with Gasteiger partial charge in [0.2, 0.25) is 0 Å². The highest BCUT2D eigenvalue weighted by molar-refractivity contribution is 7.92. The summed E-state index contributed by atoms with van der Waals surface area (Å²) < 4.78 is 26.5. The van der Waals surface area contributed by atoms with E-state index in [4.69, 9.17) is 34.8 Å². The summed E-state index contributed by atoms with van der Waals surface area (Å²) in [5.41, 5.74) is 0.346. The molecule has 1 heterocycles. The number of rotatable bonds is 3. The maximum absolute atomic E-state index is 12.1. The molecule has 0 fully saturated rings. The van der Waals surface area contributed by atoms with Gasteiger partial charge in [-0.2, -0.15) is 0 Å². The lowest BCUT2D eigenvalue weighted by Gasteiger charge is -2.08. The van der Waals surface area contributed by atoms with E-state index in [0.717, 1.165) is 6.20 Å². The summed E-state index contributed by atoms with van der Waals surface area (Å²) in [6.07, 6.45) is 1.13. The average molecular weight is 338 g/mol. The van der Waals surface area contributed by atoms with Crippen LogP contribution in [0.1, 0.15) is 0 Å². The van der Waals surface area contributed by atoms with Gasteiger partial charge in [0.25, 0.3) is 10.0 Å². The van der Waals surface area contributed by atoms with Crippen LogP contribution >= 0.6 is 34.8 Å². The van der Waals surface area contributed by atoms with Crippen molar-refractivity contribution in [1.29, 1.82) is 0 Å². The molecule has 0 saturated heterocycles. The van der Waals surface area contributed by atoms with Crippen molar-refractivity contribution >= 4 is 50.5 Å². The molecular weight excluding hydrogens is 331 g/mol. The summed E-state index contributed by atoms with van der Waals surface area (Å²) in [4.78, 5) is 3.61. The summed E-state index contributed by atoms with van der Waals surface area (Å²) in [6, 6.07) is 7.57. The van der Waals surface area contributed by atoms with Crippen LogP contribution in [0.2, 0.25) is 15.2 Å². The lowest BCUT2D eigenvalue weighted by molar-refractivity contribution is 0.601. The Kier molecular flexibility index (Phi) is 4.20. The van der Waals surface area contributed by atoms with Gasteiger partial charge in [-0.15, -0.1) is 0 Å². The average Bonchev–Trinajstić information content (AvgIpc) is 2.32. The zero-order valence-corrected chi connectivity index (χ0v) is 12.4. The van der Waals surface area contributed by atoms with Crippen molar-refractivity contribution < 1.29 is 8.42 Å². The maximum Gasteiger partial charge on any atom is 0.263 e. The van der Waals surface area contributed by atoms with Crippen molar-refractivity contribution in [3.63, 3.8) is 0 Å². The molecule has 2 aromatic rings. The highest BCUT2D eigenvalue weighted by atomic mass is 35.5. The van der Waals surface area contributed by atoms with E-state index in [1.807, 2.05) is 0 Å². The van der Waals surface area contributed by atoms with Crippen LogP contribution in [-0.4, -0.2) is 13.4 Å². The van der Waals surface area contributed by atoms with Crippen LogP contribution in [0.15, 0.2) is 41.4 Å². The van der Waals surface area contributed by atoms with Crippen LogP contribution < -0.4 is 4.72 Å². The second kappa shape index (κ2) is 5.54. The number of nitrogens with zero attached hydrogens (tertiary/aromatic N) is 1. The molecule has 1 N–H and O–H groups in total. The van der Waals surface area contributed by atoms with Crippen LogP contribution in [0.5, 0.6) is 0 Å². The molecule has 0 aliphatic carbocycles. The Hall–Kier alpha value is -1.01. The van der Waals surface area contributed by atoms with Crippen LogP contribution in [-0.2, 0) is 10.0 Å². The molecular formula is C11H7Cl3N2O2S. The Balaban J connectivity index is 2.35. The summed E-state index contributed by atoms with van der Waals surface area (Å²) in [5, 5.41) is 0.534. The third-order valence-corrected chi connectivity index (χ3v) is 4.43. The number of halogens is 3. The molecule has 0 amide bonds. The summed E-state index contributed by atoms with van der Waals surface area (Å²) in [5.74, 6) is 0. The smallest absolute Gasteiger partial charge is 0.263 e. The van der Waals surface area contributed by atoms with Gasteiger partial charge in [-0.3, -0.25) is 4.72 Å². The molecule has 0 unspecified atom stereocenters. The number of aromatic nitrogens is 1. The molecule has 0 spiro atoms. The standard InChI is InChI=1S/C11H7Cl3N2O2S/c12-7-2-1-3-8(4-7)16-19(17,18)9-5-10(13)11(14)15-6-9/h1-6,16H. The van der Waals surface area contributed by atoms with E-state index in [1.54, 1.807) is 18.2 Å². The first-order valence-electron chi connectivity index (χ1n) is 4.98. The molecule has 19 heavy (non-hydrogen) atoms. The fourth-order valence-electron chi connectivity index (χ4n) is 1.32. The molecule has 4 nitrogen and oxygen atoms in total. The first-order chi connectivity index (χ1) is 8.88. The van der Waals surface area contributed by atoms with Gasteiger partial charge in [0.15, 0.2) is 0 Å².